The largest absolute Gasteiger partial charge is 0.478 e. The van der Waals surface area contributed by atoms with Crippen LogP contribution in [0.5, 0.6) is 0 Å². The van der Waals surface area contributed by atoms with Gasteiger partial charge < -0.3 is 10.4 Å². The first kappa shape index (κ1) is 12.9. The van der Waals surface area contributed by atoms with Gasteiger partial charge in [0.2, 0.25) is 0 Å². The molecule has 0 radical (unpaired) electrons. The Kier molecular flexibility index (Phi) is 3.30. The number of rotatable bonds is 3. The van der Waals surface area contributed by atoms with Crippen LogP contribution in [0.3, 0.4) is 0 Å². The molecule has 0 aliphatic carbocycles. The molecule has 6 heteroatoms. The Hall–Kier alpha value is -2.11. The minimum atomic E-state index is -1.02. The fraction of sp³-hybridized carbons (Fsp3) is 0. The second kappa shape index (κ2) is 5.11. The first-order valence-electron chi connectivity index (χ1n) is 5.76. The van der Waals surface area contributed by atoms with Crippen molar-refractivity contribution in [1.29, 1.82) is 0 Å². The predicted octanol–water partition coefficient (Wildman–Crippen LogP) is 4.39. The van der Waals surface area contributed by atoms with Crippen molar-refractivity contribution < 1.29 is 9.90 Å². The Labute approximate surface area is 123 Å². The molecule has 0 aliphatic rings. The molecule has 0 saturated carbocycles. The van der Waals surface area contributed by atoms with Crippen LogP contribution in [0.4, 0.5) is 11.4 Å². The van der Waals surface area contributed by atoms with E-state index in [4.69, 9.17) is 11.6 Å². The van der Waals surface area contributed by atoms with Crippen molar-refractivity contribution in [3.63, 3.8) is 0 Å². The monoisotopic (exact) mass is 304 g/mol. The van der Waals surface area contributed by atoms with E-state index in [1.807, 2.05) is 18.2 Å². The predicted molar refractivity (Wildman–Crippen MR) is 81.3 cm³/mol. The number of aromatic carboxylic acids is 1. The first-order valence-corrected chi connectivity index (χ1v) is 7.02. The molecule has 0 amide bonds. The number of thiazole rings is 1. The molecule has 3 aromatic rings. The number of nitrogens with one attached hydrogen (secondary N) is 1. The molecule has 0 saturated heterocycles. The average Bonchev–Trinajstić information content (AvgIpc) is 2.88. The number of halogens is 1. The number of anilines is 2. The summed E-state index contributed by atoms with van der Waals surface area (Å²) in [6, 6.07) is 10.4. The molecule has 20 heavy (non-hydrogen) atoms. The van der Waals surface area contributed by atoms with Crippen LogP contribution in [-0.4, -0.2) is 16.1 Å². The Morgan fingerprint density at radius 3 is 2.90 bits per heavy atom. The van der Waals surface area contributed by atoms with Gasteiger partial charge in [0.15, 0.2) is 0 Å². The number of carboxylic acid groups (broad SMARTS) is 1. The Morgan fingerprint density at radius 2 is 2.10 bits per heavy atom. The third-order valence-electron chi connectivity index (χ3n) is 2.82. The van der Waals surface area contributed by atoms with Crippen LogP contribution >= 0.6 is 22.9 Å². The van der Waals surface area contributed by atoms with E-state index < -0.39 is 5.97 Å². The summed E-state index contributed by atoms with van der Waals surface area (Å²) in [4.78, 5) is 15.4. The van der Waals surface area contributed by atoms with Gasteiger partial charge in [0.1, 0.15) is 0 Å². The van der Waals surface area contributed by atoms with Crippen LogP contribution in [0.15, 0.2) is 41.9 Å². The highest BCUT2D eigenvalue weighted by atomic mass is 35.5. The van der Waals surface area contributed by atoms with E-state index in [9.17, 15) is 9.90 Å². The van der Waals surface area contributed by atoms with Crippen LogP contribution in [0, 0.1) is 0 Å². The summed E-state index contributed by atoms with van der Waals surface area (Å²) in [5, 5.41) is 12.7. The van der Waals surface area contributed by atoms with Crippen molar-refractivity contribution in [3.8, 4) is 0 Å². The maximum absolute atomic E-state index is 11.2. The standard InChI is InChI=1S/C14H9ClN2O2S/c15-8-1-3-11(10(5-8)14(18)19)17-9-2-4-12-13(6-9)20-7-16-12/h1-7,17H,(H,18,19). The van der Waals surface area contributed by atoms with Crippen molar-refractivity contribution in [1.82, 2.24) is 4.98 Å². The van der Waals surface area contributed by atoms with Crippen molar-refractivity contribution in [2.45, 2.75) is 0 Å². The first-order chi connectivity index (χ1) is 9.63. The molecule has 0 unspecified atom stereocenters. The summed E-state index contributed by atoms with van der Waals surface area (Å²) in [7, 11) is 0. The second-order valence-corrected chi connectivity index (χ2v) is 5.48. The summed E-state index contributed by atoms with van der Waals surface area (Å²) in [5.41, 5.74) is 4.16. The molecule has 0 atom stereocenters. The number of hydrogen-bond donors (Lipinski definition) is 2. The van der Waals surface area contributed by atoms with Gasteiger partial charge in [0.05, 0.1) is 27.0 Å². The highest BCUT2D eigenvalue weighted by Crippen LogP contribution is 2.27. The van der Waals surface area contributed by atoms with E-state index >= 15 is 0 Å². The van der Waals surface area contributed by atoms with Gasteiger partial charge in [-0.2, -0.15) is 0 Å². The zero-order valence-corrected chi connectivity index (χ0v) is 11.7. The molecular weight excluding hydrogens is 296 g/mol. The lowest BCUT2D eigenvalue weighted by Gasteiger charge is -2.10. The molecule has 2 aromatic carbocycles. The normalized spacial score (nSPS) is 10.7. The zero-order chi connectivity index (χ0) is 14.1. The number of fused-ring (bicyclic) bond motifs is 1. The van der Waals surface area contributed by atoms with Crippen molar-refractivity contribution >= 4 is 50.5 Å². The molecule has 1 aromatic heterocycles. The van der Waals surface area contributed by atoms with Crippen LogP contribution in [-0.2, 0) is 0 Å². The molecule has 0 aliphatic heterocycles. The number of benzene rings is 2. The van der Waals surface area contributed by atoms with Gasteiger partial charge in [-0.3, -0.25) is 0 Å². The third-order valence-corrected chi connectivity index (χ3v) is 3.85. The Balaban J connectivity index is 1.99. The van der Waals surface area contributed by atoms with Gasteiger partial charge in [-0.15, -0.1) is 11.3 Å². The zero-order valence-electron chi connectivity index (χ0n) is 10.1. The smallest absolute Gasteiger partial charge is 0.337 e. The van der Waals surface area contributed by atoms with Crippen LogP contribution in [0.25, 0.3) is 10.2 Å². The highest BCUT2D eigenvalue weighted by Gasteiger charge is 2.11. The molecule has 3 rings (SSSR count). The second-order valence-electron chi connectivity index (χ2n) is 4.15. The summed E-state index contributed by atoms with van der Waals surface area (Å²) in [6.07, 6.45) is 0. The van der Waals surface area contributed by atoms with Gasteiger partial charge >= 0.3 is 5.97 Å². The minimum Gasteiger partial charge on any atom is -0.478 e. The van der Waals surface area contributed by atoms with Gasteiger partial charge in [-0.1, -0.05) is 11.6 Å². The lowest BCUT2D eigenvalue weighted by atomic mass is 10.1. The quantitative estimate of drug-likeness (QED) is 0.753. The van der Waals surface area contributed by atoms with E-state index in [2.05, 4.69) is 10.3 Å². The Bertz CT molecular complexity index is 801. The fourth-order valence-corrected chi connectivity index (χ4v) is 2.78. The molecule has 0 spiro atoms. The number of nitrogens with zero attached hydrogens (tertiary/aromatic N) is 1. The van der Waals surface area contributed by atoms with Gasteiger partial charge in [-0.05, 0) is 36.4 Å². The maximum atomic E-state index is 11.2. The van der Waals surface area contributed by atoms with E-state index in [1.54, 1.807) is 17.6 Å². The third kappa shape index (κ3) is 2.45. The lowest BCUT2D eigenvalue weighted by molar-refractivity contribution is 0.0698. The average molecular weight is 305 g/mol. The maximum Gasteiger partial charge on any atom is 0.337 e. The summed E-state index contributed by atoms with van der Waals surface area (Å²) in [5.74, 6) is -1.02. The molecule has 100 valence electrons. The van der Waals surface area contributed by atoms with E-state index in [1.165, 1.54) is 17.4 Å². The lowest BCUT2D eigenvalue weighted by Crippen LogP contribution is -2.02. The van der Waals surface area contributed by atoms with Gasteiger partial charge in [0, 0.05) is 10.7 Å². The highest BCUT2D eigenvalue weighted by molar-refractivity contribution is 7.16. The molecular formula is C14H9ClN2O2S. The molecule has 0 fully saturated rings. The Morgan fingerprint density at radius 1 is 1.25 bits per heavy atom. The van der Waals surface area contributed by atoms with Crippen molar-refractivity contribution in [3.05, 3.63) is 52.5 Å². The van der Waals surface area contributed by atoms with E-state index in [-0.39, 0.29) is 5.56 Å². The fourth-order valence-electron chi connectivity index (χ4n) is 1.89. The van der Waals surface area contributed by atoms with Crippen LogP contribution in [0.1, 0.15) is 10.4 Å². The van der Waals surface area contributed by atoms with Crippen molar-refractivity contribution in [2.75, 3.05) is 5.32 Å². The number of hydrogen-bond acceptors (Lipinski definition) is 4. The summed E-state index contributed by atoms with van der Waals surface area (Å²) < 4.78 is 1.04. The van der Waals surface area contributed by atoms with E-state index in [0.717, 1.165) is 15.9 Å². The topological polar surface area (TPSA) is 62.2 Å². The van der Waals surface area contributed by atoms with Gasteiger partial charge in [0.25, 0.3) is 0 Å². The molecule has 1 heterocycles. The number of carboxylic acids is 1. The summed E-state index contributed by atoms with van der Waals surface area (Å²) in [6.45, 7) is 0. The minimum absolute atomic E-state index is 0.141. The van der Waals surface area contributed by atoms with Crippen LogP contribution in [0.2, 0.25) is 5.02 Å². The van der Waals surface area contributed by atoms with E-state index in [0.29, 0.717) is 10.7 Å². The van der Waals surface area contributed by atoms with Gasteiger partial charge in [-0.25, -0.2) is 9.78 Å². The molecule has 0 bridgehead atoms. The van der Waals surface area contributed by atoms with Crippen LogP contribution < -0.4 is 5.32 Å². The molecule has 2 N–H and O–H groups in total. The number of carbonyl (C=O) groups is 1. The molecule has 4 nitrogen and oxygen atoms in total. The summed E-state index contributed by atoms with van der Waals surface area (Å²) >= 11 is 7.37. The SMILES string of the molecule is O=C(O)c1cc(Cl)ccc1Nc1ccc2ncsc2c1. The number of aromatic nitrogens is 1. The van der Waals surface area contributed by atoms with Crippen molar-refractivity contribution in [2.24, 2.45) is 0 Å².